The van der Waals surface area contributed by atoms with Crippen LogP contribution >= 0.6 is 11.8 Å². The van der Waals surface area contributed by atoms with E-state index in [0.29, 0.717) is 11.3 Å². The summed E-state index contributed by atoms with van der Waals surface area (Å²) in [6.07, 6.45) is 3.30. The Morgan fingerprint density at radius 2 is 2.07 bits per heavy atom. The summed E-state index contributed by atoms with van der Waals surface area (Å²) >= 11 is 1.94. The molecule has 14 heavy (non-hydrogen) atoms. The third kappa shape index (κ3) is 5.51. The van der Waals surface area contributed by atoms with Crippen LogP contribution in [0, 0.1) is 0 Å². The van der Waals surface area contributed by atoms with Gasteiger partial charge >= 0.3 is 0 Å². The average molecular weight is 213 g/mol. The summed E-state index contributed by atoms with van der Waals surface area (Å²) in [6.45, 7) is 12.6. The van der Waals surface area contributed by atoms with Gasteiger partial charge in [0.15, 0.2) is 0 Å². The molecule has 0 aliphatic heterocycles. The Morgan fingerprint density at radius 3 is 2.43 bits per heavy atom. The van der Waals surface area contributed by atoms with Gasteiger partial charge in [-0.25, -0.2) is 0 Å². The number of allylic oxidation sites excluding steroid dienone is 2. The number of nitrogens with one attached hydrogen (secondary N) is 1. The van der Waals surface area contributed by atoms with Gasteiger partial charge in [-0.05, 0) is 39.1 Å². The number of thioether (sulfide) groups is 1. The van der Waals surface area contributed by atoms with Gasteiger partial charge in [-0.1, -0.05) is 25.2 Å². The minimum Gasteiger partial charge on any atom is -0.313 e. The Morgan fingerprint density at radius 1 is 1.50 bits per heavy atom. The monoisotopic (exact) mass is 213 g/mol. The standard InChI is InChI=1S/C12H23NS/c1-7-10(4)14-11(5)8-12(13-6)9(2)3/h7,11-13H,2,8H2,1,3-6H3/b10-7-. The lowest BCUT2D eigenvalue weighted by Gasteiger charge is -2.20. The second-order valence-electron chi connectivity index (χ2n) is 3.75. The zero-order valence-corrected chi connectivity index (χ0v) is 10.9. The number of rotatable bonds is 6. The fourth-order valence-corrected chi connectivity index (χ4v) is 2.39. The molecule has 0 heterocycles. The molecule has 0 radical (unpaired) electrons. The summed E-state index contributed by atoms with van der Waals surface area (Å²) in [5.41, 5.74) is 1.22. The summed E-state index contributed by atoms with van der Waals surface area (Å²) in [6, 6.07) is 0.446. The van der Waals surface area contributed by atoms with Gasteiger partial charge in [-0.2, -0.15) is 0 Å². The topological polar surface area (TPSA) is 12.0 Å². The van der Waals surface area contributed by atoms with Crippen LogP contribution < -0.4 is 5.32 Å². The molecule has 0 rings (SSSR count). The molecule has 0 fully saturated rings. The lowest BCUT2D eigenvalue weighted by Crippen LogP contribution is -2.28. The molecule has 2 unspecified atom stereocenters. The van der Waals surface area contributed by atoms with Gasteiger partial charge in [0.05, 0.1) is 0 Å². The van der Waals surface area contributed by atoms with Gasteiger partial charge < -0.3 is 5.32 Å². The van der Waals surface area contributed by atoms with E-state index in [9.17, 15) is 0 Å². The summed E-state index contributed by atoms with van der Waals surface area (Å²) in [4.78, 5) is 1.40. The van der Waals surface area contributed by atoms with Gasteiger partial charge in [0.2, 0.25) is 0 Å². The van der Waals surface area contributed by atoms with Crippen LogP contribution in [0.1, 0.15) is 34.1 Å². The number of likely N-dealkylation sites (N-methyl/N-ethyl adjacent to an activating group) is 1. The lowest BCUT2D eigenvalue weighted by molar-refractivity contribution is 0.587. The molecule has 82 valence electrons. The van der Waals surface area contributed by atoms with Crippen molar-refractivity contribution in [2.75, 3.05) is 7.05 Å². The molecular weight excluding hydrogens is 190 g/mol. The average Bonchev–Trinajstić information content (AvgIpc) is 2.13. The van der Waals surface area contributed by atoms with Gasteiger partial charge in [-0.3, -0.25) is 0 Å². The van der Waals surface area contributed by atoms with Crippen LogP contribution in [0.15, 0.2) is 23.1 Å². The van der Waals surface area contributed by atoms with E-state index < -0.39 is 0 Å². The first kappa shape index (κ1) is 13.8. The highest BCUT2D eigenvalue weighted by Gasteiger charge is 2.12. The predicted molar refractivity (Wildman–Crippen MR) is 68.8 cm³/mol. The van der Waals surface area contributed by atoms with Gasteiger partial charge in [0.25, 0.3) is 0 Å². The van der Waals surface area contributed by atoms with Crippen LogP contribution in [0.3, 0.4) is 0 Å². The van der Waals surface area contributed by atoms with Crippen molar-refractivity contribution in [3.05, 3.63) is 23.1 Å². The molecule has 0 aromatic rings. The smallest absolute Gasteiger partial charge is 0.0281 e. The normalized spacial score (nSPS) is 16.5. The maximum absolute atomic E-state index is 3.99. The number of hydrogen-bond acceptors (Lipinski definition) is 2. The third-order valence-corrected chi connectivity index (χ3v) is 3.51. The first-order chi connectivity index (χ1) is 6.51. The SMILES string of the molecule is C=C(C)C(CC(C)S/C(C)=C\C)NC. The van der Waals surface area contributed by atoms with E-state index in [1.54, 1.807) is 0 Å². The van der Waals surface area contributed by atoms with E-state index in [1.807, 2.05) is 18.8 Å². The predicted octanol–water partition coefficient (Wildman–Crippen LogP) is 3.59. The Bertz CT molecular complexity index is 208. The molecule has 0 spiro atoms. The Kier molecular flexibility index (Phi) is 7.02. The van der Waals surface area contributed by atoms with Crippen molar-refractivity contribution in [1.29, 1.82) is 0 Å². The van der Waals surface area contributed by atoms with E-state index in [0.717, 1.165) is 6.42 Å². The molecule has 0 aliphatic carbocycles. The van der Waals surface area contributed by atoms with E-state index in [2.05, 4.69) is 45.7 Å². The van der Waals surface area contributed by atoms with E-state index in [-0.39, 0.29) is 0 Å². The van der Waals surface area contributed by atoms with Gasteiger partial charge in [0.1, 0.15) is 0 Å². The highest BCUT2D eigenvalue weighted by molar-refractivity contribution is 8.03. The molecule has 0 aliphatic rings. The van der Waals surface area contributed by atoms with Crippen molar-refractivity contribution in [2.24, 2.45) is 0 Å². The quantitative estimate of drug-likeness (QED) is 0.677. The Hall–Kier alpha value is -0.210. The maximum atomic E-state index is 3.99. The molecule has 0 saturated heterocycles. The highest BCUT2D eigenvalue weighted by atomic mass is 32.2. The van der Waals surface area contributed by atoms with E-state index in [4.69, 9.17) is 0 Å². The minimum atomic E-state index is 0.446. The summed E-state index contributed by atoms with van der Waals surface area (Å²) in [7, 11) is 2.00. The van der Waals surface area contributed by atoms with Crippen molar-refractivity contribution in [3.8, 4) is 0 Å². The van der Waals surface area contributed by atoms with E-state index >= 15 is 0 Å². The molecule has 0 amide bonds. The molecule has 1 N–H and O–H groups in total. The minimum absolute atomic E-state index is 0.446. The molecule has 0 aromatic carbocycles. The van der Waals surface area contributed by atoms with Crippen LogP contribution in [-0.2, 0) is 0 Å². The molecule has 0 saturated carbocycles. The first-order valence-corrected chi connectivity index (χ1v) is 6.01. The van der Waals surface area contributed by atoms with Crippen LogP contribution in [0.5, 0.6) is 0 Å². The maximum Gasteiger partial charge on any atom is 0.0281 e. The Balaban J connectivity index is 4.03. The van der Waals surface area contributed by atoms with E-state index in [1.165, 1.54) is 10.5 Å². The molecule has 0 bridgehead atoms. The summed E-state index contributed by atoms with van der Waals surface area (Å²) in [5, 5.41) is 3.93. The van der Waals surface area contributed by atoms with Crippen molar-refractivity contribution in [1.82, 2.24) is 5.32 Å². The molecule has 0 aromatic heterocycles. The second-order valence-corrected chi connectivity index (χ2v) is 5.44. The second kappa shape index (κ2) is 7.13. The van der Waals surface area contributed by atoms with Crippen LogP contribution in [-0.4, -0.2) is 18.3 Å². The summed E-state index contributed by atoms with van der Waals surface area (Å²) < 4.78 is 0. The van der Waals surface area contributed by atoms with Gasteiger partial charge in [0, 0.05) is 11.3 Å². The fraction of sp³-hybridized carbons (Fsp3) is 0.667. The third-order valence-electron chi connectivity index (χ3n) is 2.30. The molecule has 2 heteroatoms. The number of hydrogen-bond donors (Lipinski definition) is 1. The first-order valence-electron chi connectivity index (χ1n) is 5.13. The summed E-state index contributed by atoms with van der Waals surface area (Å²) in [5.74, 6) is 0. The van der Waals surface area contributed by atoms with Crippen LogP contribution in [0.25, 0.3) is 0 Å². The van der Waals surface area contributed by atoms with Crippen molar-refractivity contribution in [3.63, 3.8) is 0 Å². The van der Waals surface area contributed by atoms with Crippen molar-refractivity contribution < 1.29 is 0 Å². The van der Waals surface area contributed by atoms with Crippen molar-refractivity contribution >= 4 is 11.8 Å². The zero-order chi connectivity index (χ0) is 11.1. The molecule has 2 atom stereocenters. The zero-order valence-electron chi connectivity index (χ0n) is 10.1. The largest absolute Gasteiger partial charge is 0.313 e. The van der Waals surface area contributed by atoms with Crippen LogP contribution in [0.4, 0.5) is 0 Å². The van der Waals surface area contributed by atoms with Gasteiger partial charge in [-0.15, -0.1) is 11.8 Å². The Labute approximate surface area is 93.0 Å². The lowest BCUT2D eigenvalue weighted by atomic mass is 10.1. The molecular formula is C12H23NS. The fourth-order valence-electron chi connectivity index (χ4n) is 1.33. The molecule has 1 nitrogen and oxygen atoms in total. The van der Waals surface area contributed by atoms with Crippen molar-refractivity contribution in [2.45, 2.75) is 45.4 Å². The van der Waals surface area contributed by atoms with Crippen LogP contribution in [0.2, 0.25) is 0 Å². The highest BCUT2D eigenvalue weighted by Crippen LogP contribution is 2.25.